The molecule has 2 heteroatoms. The van der Waals surface area contributed by atoms with Crippen LogP contribution in [0.2, 0.25) is 0 Å². The van der Waals surface area contributed by atoms with Crippen LogP contribution in [-0.2, 0) is 0 Å². The zero-order valence-electron chi connectivity index (χ0n) is 12.2. The third-order valence-corrected chi connectivity index (χ3v) is 2.83. The highest BCUT2D eigenvalue weighted by Gasteiger charge is 2.01. The monoisotopic (exact) mass is 260 g/mol. The van der Waals surface area contributed by atoms with Crippen LogP contribution >= 0.6 is 0 Å². The van der Waals surface area contributed by atoms with Crippen molar-refractivity contribution in [3.63, 3.8) is 0 Å². The van der Waals surface area contributed by atoms with Gasteiger partial charge < -0.3 is 9.84 Å². The van der Waals surface area contributed by atoms with Gasteiger partial charge in [-0.3, -0.25) is 0 Å². The molecule has 2 nitrogen and oxygen atoms in total. The van der Waals surface area contributed by atoms with Gasteiger partial charge in [0, 0.05) is 12.0 Å². The maximum atomic E-state index is 8.68. The second kappa shape index (κ2) is 8.61. The van der Waals surface area contributed by atoms with Crippen LogP contribution < -0.4 is 4.74 Å². The van der Waals surface area contributed by atoms with E-state index in [1.54, 1.807) is 0 Å². The molecule has 0 amide bonds. The van der Waals surface area contributed by atoms with Gasteiger partial charge in [-0.2, -0.15) is 0 Å². The first-order valence-corrected chi connectivity index (χ1v) is 6.96. The summed E-state index contributed by atoms with van der Waals surface area (Å²) in [5.41, 5.74) is 2.08. The highest BCUT2D eigenvalue weighted by Crippen LogP contribution is 2.19. The van der Waals surface area contributed by atoms with Crippen LogP contribution in [0.1, 0.15) is 44.2 Å². The lowest BCUT2D eigenvalue weighted by molar-refractivity contribution is 0.296. The number of aliphatic hydroxyl groups is 1. The molecule has 0 saturated heterocycles. The Bertz CT molecular complexity index is 438. The molecular weight excluding hydrogens is 236 g/mol. The number of aryl methyl sites for hydroxylation is 1. The molecule has 0 atom stereocenters. The standard InChI is InChI=1S/C17H24O2/c1-14(2)7-6-12-19-17-10-9-16(13-15(17)3)8-4-5-11-18/h9-10,13-14,18H,5-7,11-12H2,1-3H3. The lowest BCUT2D eigenvalue weighted by Crippen LogP contribution is -2.00. The predicted octanol–water partition coefficient (Wildman–Crippen LogP) is 3.54. The molecule has 0 fully saturated rings. The van der Waals surface area contributed by atoms with Gasteiger partial charge in [-0.15, -0.1) is 0 Å². The smallest absolute Gasteiger partial charge is 0.122 e. The Labute approximate surface area is 116 Å². The van der Waals surface area contributed by atoms with Gasteiger partial charge in [-0.05, 0) is 49.4 Å². The molecule has 0 bridgehead atoms. The summed E-state index contributed by atoms with van der Waals surface area (Å²) in [6, 6.07) is 5.98. The quantitative estimate of drug-likeness (QED) is 0.626. The van der Waals surface area contributed by atoms with E-state index in [0.29, 0.717) is 6.42 Å². The first kappa shape index (κ1) is 15.6. The minimum atomic E-state index is 0.114. The van der Waals surface area contributed by atoms with Crippen molar-refractivity contribution in [2.24, 2.45) is 5.92 Å². The summed E-state index contributed by atoms with van der Waals surface area (Å²) < 4.78 is 5.78. The number of rotatable bonds is 6. The van der Waals surface area contributed by atoms with Crippen molar-refractivity contribution in [3.05, 3.63) is 29.3 Å². The Kier molecular flexibility index (Phi) is 7.07. The number of benzene rings is 1. The van der Waals surface area contributed by atoms with Crippen LogP contribution in [0.4, 0.5) is 0 Å². The van der Waals surface area contributed by atoms with Crippen molar-refractivity contribution in [2.75, 3.05) is 13.2 Å². The topological polar surface area (TPSA) is 29.5 Å². The molecule has 0 aliphatic heterocycles. The lowest BCUT2D eigenvalue weighted by Gasteiger charge is -2.10. The summed E-state index contributed by atoms with van der Waals surface area (Å²) in [7, 11) is 0. The summed E-state index contributed by atoms with van der Waals surface area (Å²) in [6.45, 7) is 7.38. The zero-order chi connectivity index (χ0) is 14.1. The summed E-state index contributed by atoms with van der Waals surface area (Å²) >= 11 is 0. The first-order chi connectivity index (χ1) is 9.13. The van der Waals surface area contributed by atoms with E-state index in [-0.39, 0.29) is 6.61 Å². The molecule has 0 aliphatic carbocycles. The van der Waals surface area contributed by atoms with E-state index >= 15 is 0 Å². The summed E-state index contributed by atoms with van der Waals surface area (Å²) in [5.74, 6) is 7.62. The van der Waals surface area contributed by atoms with E-state index in [9.17, 15) is 0 Å². The molecule has 1 aromatic carbocycles. The van der Waals surface area contributed by atoms with Gasteiger partial charge in [0.15, 0.2) is 0 Å². The molecule has 0 unspecified atom stereocenters. The predicted molar refractivity (Wildman–Crippen MR) is 79.3 cm³/mol. The number of ether oxygens (including phenoxy) is 1. The Morgan fingerprint density at radius 1 is 1.32 bits per heavy atom. The molecular formula is C17H24O2. The SMILES string of the molecule is Cc1cc(C#CCCO)ccc1OCCCC(C)C. The van der Waals surface area contributed by atoms with Crippen molar-refractivity contribution in [1.82, 2.24) is 0 Å². The maximum absolute atomic E-state index is 8.68. The van der Waals surface area contributed by atoms with Gasteiger partial charge in [0.05, 0.1) is 13.2 Å². The molecule has 0 aromatic heterocycles. The summed E-state index contributed by atoms with van der Waals surface area (Å²) in [6.07, 6.45) is 2.81. The highest BCUT2D eigenvalue weighted by molar-refractivity contribution is 5.43. The van der Waals surface area contributed by atoms with E-state index in [2.05, 4.69) is 25.7 Å². The van der Waals surface area contributed by atoms with Gasteiger partial charge in [-0.25, -0.2) is 0 Å². The molecule has 1 N–H and O–H groups in total. The fourth-order valence-corrected chi connectivity index (χ4v) is 1.78. The minimum absolute atomic E-state index is 0.114. The van der Waals surface area contributed by atoms with Crippen LogP contribution in [0, 0.1) is 24.7 Å². The van der Waals surface area contributed by atoms with E-state index in [1.165, 1.54) is 6.42 Å². The fourth-order valence-electron chi connectivity index (χ4n) is 1.78. The number of hydrogen-bond donors (Lipinski definition) is 1. The van der Waals surface area contributed by atoms with E-state index in [0.717, 1.165) is 35.8 Å². The van der Waals surface area contributed by atoms with Gasteiger partial charge in [0.25, 0.3) is 0 Å². The molecule has 1 aromatic rings. The molecule has 0 radical (unpaired) electrons. The molecule has 19 heavy (non-hydrogen) atoms. The second-order valence-corrected chi connectivity index (χ2v) is 5.14. The Morgan fingerprint density at radius 2 is 2.11 bits per heavy atom. The normalized spacial score (nSPS) is 10.2. The van der Waals surface area contributed by atoms with Crippen molar-refractivity contribution in [1.29, 1.82) is 0 Å². The molecule has 1 rings (SSSR count). The van der Waals surface area contributed by atoms with Crippen LogP contribution in [0.25, 0.3) is 0 Å². The number of aliphatic hydroxyl groups excluding tert-OH is 1. The third kappa shape index (κ3) is 6.31. The van der Waals surface area contributed by atoms with Crippen LogP contribution in [0.15, 0.2) is 18.2 Å². The maximum Gasteiger partial charge on any atom is 0.122 e. The average molecular weight is 260 g/mol. The Morgan fingerprint density at radius 3 is 2.74 bits per heavy atom. The number of hydrogen-bond acceptors (Lipinski definition) is 2. The van der Waals surface area contributed by atoms with Crippen molar-refractivity contribution in [3.8, 4) is 17.6 Å². The Balaban J connectivity index is 2.51. The van der Waals surface area contributed by atoms with Crippen molar-refractivity contribution in [2.45, 2.75) is 40.0 Å². The third-order valence-electron chi connectivity index (χ3n) is 2.83. The largest absolute Gasteiger partial charge is 0.493 e. The van der Waals surface area contributed by atoms with Gasteiger partial charge in [-0.1, -0.05) is 25.7 Å². The van der Waals surface area contributed by atoms with Gasteiger partial charge in [0.2, 0.25) is 0 Å². The second-order valence-electron chi connectivity index (χ2n) is 5.14. The van der Waals surface area contributed by atoms with Crippen LogP contribution in [0.5, 0.6) is 5.75 Å². The molecule has 0 aliphatic rings. The molecule has 104 valence electrons. The fraction of sp³-hybridized carbons (Fsp3) is 0.529. The Hall–Kier alpha value is -1.46. The van der Waals surface area contributed by atoms with E-state index in [4.69, 9.17) is 9.84 Å². The summed E-state index contributed by atoms with van der Waals surface area (Å²) in [5, 5.41) is 8.68. The summed E-state index contributed by atoms with van der Waals surface area (Å²) in [4.78, 5) is 0. The first-order valence-electron chi connectivity index (χ1n) is 6.96. The van der Waals surface area contributed by atoms with E-state index < -0.39 is 0 Å². The zero-order valence-corrected chi connectivity index (χ0v) is 12.2. The minimum Gasteiger partial charge on any atom is -0.493 e. The lowest BCUT2D eigenvalue weighted by atomic mass is 10.1. The van der Waals surface area contributed by atoms with Crippen molar-refractivity contribution >= 4 is 0 Å². The average Bonchev–Trinajstić information content (AvgIpc) is 2.36. The molecule has 0 saturated carbocycles. The molecule has 0 spiro atoms. The van der Waals surface area contributed by atoms with Crippen LogP contribution in [0.3, 0.4) is 0 Å². The van der Waals surface area contributed by atoms with Crippen LogP contribution in [-0.4, -0.2) is 18.3 Å². The molecule has 0 heterocycles. The van der Waals surface area contributed by atoms with Gasteiger partial charge >= 0.3 is 0 Å². The van der Waals surface area contributed by atoms with Crippen molar-refractivity contribution < 1.29 is 9.84 Å². The highest BCUT2D eigenvalue weighted by atomic mass is 16.5. The van der Waals surface area contributed by atoms with E-state index in [1.807, 2.05) is 25.1 Å². The van der Waals surface area contributed by atoms with Gasteiger partial charge in [0.1, 0.15) is 5.75 Å².